The second kappa shape index (κ2) is 8.05. The lowest BCUT2D eigenvalue weighted by Gasteiger charge is -2.58. The highest BCUT2D eigenvalue weighted by Crippen LogP contribution is 2.47. The fourth-order valence-corrected chi connectivity index (χ4v) is 6.19. The number of likely N-dealkylation sites (tertiary alicyclic amines) is 3. The number of hydrogen-bond donors (Lipinski definition) is 0. The minimum Gasteiger partial charge on any atom is -0.304 e. The Morgan fingerprint density at radius 2 is 1.46 bits per heavy atom. The zero-order valence-electron chi connectivity index (χ0n) is 16.8. The van der Waals surface area contributed by atoms with E-state index in [0.29, 0.717) is 5.54 Å². The smallest absolute Gasteiger partial charge is 0.0264 e. The summed E-state index contributed by atoms with van der Waals surface area (Å²) in [4.78, 5) is 8.19. The van der Waals surface area contributed by atoms with E-state index in [2.05, 4.69) is 42.5 Å². The third kappa shape index (κ3) is 3.54. The predicted molar refractivity (Wildman–Crippen MR) is 103 cm³/mol. The monoisotopic (exact) mass is 335 g/mol. The molecule has 0 N–H and O–H groups in total. The number of piperidine rings is 3. The SMILES string of the molecule is CCN1CCC(C2(C3CCN(C(C)C)CC3)CCCCN2C)CC1. The van der Waals surface area contributed by atoms with Crippen molar-refractivity contribution in [1.82, 2.24) is 14.7 Å². The van der Waals surface area contributed by atoms with E-state index in [1.165, 1.54) is 84.2 Å². The molecule has 0 amide bonds. The first-order valence-corrected chi connectivity index (χ1v) is 10.8. The van der Waals surface area contributed by atoms with Gasteiger partial charge in [-0.25, -0.2) is 0 Å². The Balaban J connectivity index is 1.74. The molecular weight excluding hydrogens is 294 g/mol. The van der Waals surface area contributed by atoms with Crippen molar-refractivity contribution in [2.45, 2.75) is 77.3 Å². The van der Waals surface area contributed by atoms with Crippen LogP contribution in [0.2, 0.25) is 0 Å². The quantitative estimate of drug-likeness (QED) is 0.776. The summed E-state index contributed by atoms with van der Waals surface area (Å²) >= 11 is 0. The minimum absolute atomic E-state index is 0.515. The normalized spacial score (nSPS) is 33.4. The molecular formula is C21H41N3. The van der Waals surface area contributed by atoms with Crippen LogP contribution in [0.3, 0.4) is 0 Å². The molecule has 0 radical (unpaired) electrons. The lowest BCUT2D eigenvalue weighted by Crippen LogP contribution is -2.62. The lowest BCUT2D eigenvalue weighted by molar-refractivity contribution is -0.0714. The van der Waals surface area contributed by atoms with Crippen LogP contribution in [0, 0.1) is 11.8 Å². The maximum Gasteiger partial charge on any atom is 0.0264 e. The largest absolute Gasteiger partial charge is 0.304 e. The zero-order valence-corrected chi connectivity index (χ0v) is 16.8. The first-order chi connectivity index (χ1) is 11.6. The Labute approximate surface area is 150 Å². The fourth-order valence-electron chi connectivity index (χ4n) is 6.19. The van der Waals surface area contributed by atoms with Crippen LogP contribution in [-0.4, -0.2) is 72.6 Å². The molecule has 3 aliphatic rings. The van der Waals surface area contributed by atoms with Crippen molar-refractivity contribution < 1.29 is 0 Å². The van der Waals surface area contributed by atoms with Gasteiger partial charge in [-0.05, 0) is 111 Å². The number of nitrogens with zero attached hydrogens (tertiary/aromatic N) is 3. The minimum atomic E-state index is 0.515. The topological polar surface area (TPSA) is 9.72 Å². The van der Waals surface area contributed by atoms with Gasteiger partial charge in [0.15, 0.2) is 0 Å². The van der Waals surface area contributed by atoms with Gasteiger partial charge < -0.3 is 14.7 Å². The first kappa shape index (κ1) is 18.7. The summed E-state index contributed by atoms with van der Waals surface area (Å²) < 4.78 is 0. The Hall–Kier alpha value is -0.120. The fraction of sp³-hybridized carbons (Fsp3) is 1.00. The Morgan fingerprint density at radius 1 is 0.875 bits per heavy atom. The molecule has 1 unspecified atom stereocenters. The summed E-state index contributed by atoms with van der Waals surface area (Å²) in [7, 11) is 2.46. The average molecular weight is 336 g/mol. The van der Waals surface area contributed by atoms with E-state index < -0.39 is 0 Å². The molecule has 0 spiro atoms. The molecule has 0 aromatic heterocycles. The molecule has 0 aromatic rings. The Bertz CT molecular complexity index is 381. The molecule has 0 saturated carbocycles. The van der Waals surface area contributed by atoms with Gasteiger partial charge in [0, 0.05) is 11.6 Å². The molecule has 3 heterocycles. The predicted octanol–water partition coefficient (Wildman–Crippen LogP) is 3.69. The van der Waals surface area contributed by atoms with Crippen LogP contribution in [0.25, 0.3) is 0 Å². The zero-order chi connectivity index (χ0) is 17.2. The summed E-state index contributed by atoms with van der Waals surface area (Å²) in [6.07, 6.45) is 10.1. The summed E-state index contributed by atoms with van der Waals surface area (Å²) in [5.41, 5.74) is 0.515. The lowest BCUT2D eigenvalue weighted by atomic mass is 9.62. The third-order valence-electron chi connectivity index (χ3n) is 7.74. The van der Waals surface area contributed by atoms with Crippen LogP contribution in [-0.2, 0) is 0 Å². The summed E-state index contributed by atoms with van der Waals surface area (Å²) in [5, 5.41) is 0. The van der Waals surface area contributed by atoms with Crippen LogP contribution in [0.4, 0.5) is 0 Å². The molecule has 0 aromatic carbocycles. The van der Waals surface area contributed by atoms with E-state index in [4.69, 9.17) is 0 Å². The van der Waals surface area contributed by atoms with Gasteiger partial charge in [0.1, 0.15) is 0 Å². The van der Waals surface area contributed by atoms with Crippen LogP contribution in [0.5, 0.6) is 0 Å². The molecule has 3 nitrogen and oxygen atoms in total. The van der Waals surface area contributed by atoms with Gasteiger partial charge in [0.25, 0.3) is 0 Å². The highest BCUT2D eigenvalue weighted by Gasteiger charge is 2.50. The van der Waals surface area contributed by atoms with Gasteiger partial charge in [0.2, 0.25) is 0 Å². The molecule has 3 heteroatoms. The number of hydrogen-bond acceptors (Lipinski definition) is 3. The Kier molecular flexibility index (Phi) is 6.26. The molecule has 0 bridgehead atoms. The van der Waals surface area contributed by atoms with Crippen LogP contribution < -0.4 is 0 Å². The van der Waals surface area contributed by atoms with Crippen molar-refractivity contribution in [3.05, 3.63) is 0 Å². The van der Waals surface area contributed by atoms with Crippen molar-refractivity contribution in [3.63, 3.8) is 0 Å². The molecule has 24 heavy (non-hydrogen) atoms. The Morgan fingerprint density at radius 3 is 1.96 bits per heavy atom. The number of rotatable bonds is 4. The van der Waals surface area contributed by atoms with Crippen LogP contribution >= 0.6 is 0 Å². The second-order valence-corrected chi connectivity index (χ2v) is 8.98. The van der Waals surface area contributed by atoms with E-state index in [1.54, 1.807) is 0 Å². The van der Waals surface area contributed by atoms with E-state index in [0.717, 1.165) is 17.9 Å². The van der Waals surface area contributed by atoms with Gasteiger partial charge in [-0.3, -0.25) is 0 Å². The van der Waals surface area contributed by atoms with E-state index in [1.807, 2.05) is 0 Å². The molecule has 1 atom stereocenters. The second-order valence-electron chi connectivity index (χ2n) is 8.98. The molecule has 3 saturated heterocycles. The molecule has 3 fully saturated rings. The third-order valence-corrected chi connectivity index (χ3v) is 7.74. The van der Waals surface area contributed by atoms with E-state index in [9.17, 15) is 0 Å². The molecule has 3 aliphatic heterocycles. The van der Waals surface area contributed by atoms with Crippen molar-refractivity contribution in [2.24, 2.45) is 11.8 Å². The van der Waals surface area contributed by atoms with Crippen LogP contribution in [0.1, 0.15) is 65.7 Å². The van der Waals surface area contributed by atoms with Gasteiger partial charge in [0.05, 0.1) is 0 Å². The summed E-state index contributed by atoms with van der Waals surface area (Å²) in [5.74, 6) is 1.86. The van der Waals surface area contributed by atoms with Crippen molar-refractivity contribution in [2.75, 3.05) is 46.3 Å². The van der Waals surface area contributed by atoms with Gasteiger partial charge in [-0.1, -0.05) is 13.3 Å². The summed E-state index contributed by atoms with van der Waals surface area (Å²) in [6, 6.07) is 0.721. The maximum absolute atomic E-state index is 2.83. The van der Waals surface area contributed by atoms with E-state index in [-0.39, 0.29) is 0 Å². The maximum atomic E-state index is 2.83. The van der Waals surface area contributed by atoms with Gasteiger partial charge in [-0.2, -0.15) is 0 Å². The highest BCUT2D eigenvalue weighted by atomic mass is 15.2. The highest BCUT2D eigenvalue weighted by molar-refractivity contribution is 5.04. The van der Waals surface area contributed by atoms with Crippen molar-refractivity contribution >= 4 is 0 Å². The molecule has 0 aliphatic carbocycles. The van der Waals surface area contributed by atoms with Crippen LogP contribution in [0.15, 0.2) is 0 Å². The first-order valence-electron chi connectivity index (χ1n) is 10.8. The van der Waals surface area contributed by atoms with Gasteiger partial charge >= 0.3 is 0 Å². The average Bonchev–Trinajstić information content (AvgIpc) is 2.62. The van der Waals surface area contributed by atoms with Crippen molar-refractivity contribution in [1.29, 1.82) is 0 Å². The summed E-state index contributed by atoms with van der Waals surface area (Å²) in [6.45, 7) is 14.9. The molecule has 140 valence electrons. The van der Waals surface area contributed by atoms with Gasteiger partial charge in [-0.15, -0.1) is 0 Å². The standard InChI is InChI=1S/C21H41N3/c1-5-23-14-8-19(9-15-23)21(12-6-7-13-22(21)4)20-10-16-24(17-11-20)18(2)3/h18-20H,5-17H2,1-4H3. The van der Waals surface area contributed by atoms with Crippen molar-refractivity contribution in [3.8, 4) is 0 Å². The van der Waals surface area contributed by atoms with E-state index >= 15 is 0 Å². The molecule has 3 rings (SSSR count).